The summed E-state index contributed by atoms with van der Waals surface area (Å²) in [5.41, 5.74) is 2.25. The number of fused-ring (bicyclic) bond motifs is 1. The lowest BCUT2D eigenvalue weighted by Crippen LogP contribution is -2.21. The molecule has 0 spiro atoms. The molecule has 1 amide bonds. The highest BCUT2D eigenvalue weighted by atomic mass is 16.5. The quantitative estimate of drug-likeness (QED) is 0.570. The summed E-state index contributed by atoms with van der Waals surface area (Å²) in [7, 11) is 4.96. The van der Waals surface area contributed by atoms with Gasteiger partial charge in [-0.2, -0.15) is 0 Å². The third-order valence-corrected chi connectivity index (χ3v) is 4.46. The van der Waals surface area contributed by atoms with Crippen molar-refractivity contribution in [2.75, 3.05) is 21.2 Å². The Hall–Kier alpha value is -4.01. The highest BCUT2D eigenvalue weighted by Gasteiger charge is 2.13. The third kappa shape index (κ3) is 3.45. The molecule has 1 N–H and O–H groups in total. The number of aromatic nitrogens is 5. The van der Waals surface area contributed by atoms with Crippen LogP contribution in [0.5, 0.6) is 5.75 Å². The standard InChI is InChI=1S/C20H18N6O3/c1-25(2)20(28)12-4-6-14(7-5-12)26-11-17(23-24-26)16-9-13-8-15(29-3)10-21-18(13)22-19(16)27/h4-11H,1-3H3,(H,21,22,27). The van der Waals surface area contributed by atoms with E-state index in [1.165, 1.54) is 4.90 Å². The van der Waals surface area contributed by atoms with Gasteiger partial charge in [-0.3, -0.25) is 9.59 Å². The summed E-state index contributed by atoms with van der Waals surface area (Å²) in [4.78, 5) is 32.9. The van der Waals surface area contributed by atoms with E-state index in [1.54, 1.807) is 74.7 Å². The van der Waals surface area contributed by atoms with Gasteiger partial charge in [-0.15, -0.1) is 5.10 Å². The molecule has 0 aliphatic rings. The van der Waals surface area contributed by atoms with Crippen LogP contribution in [0.15, 0.2) is 53.6 Å². The van der Waals surface area contributed by atoms with Crippen molar-refractivity contribution in [1.29, 1.82) is 0 Å². The number of methoxy groups -OCH3 is 1. The van der Waals surface area contributed by atoms with Crippen molar-refractivity contribution in [3.8, 4) is 22.7 Å². The molecule has 9 nitrogen and oxygen atoms in total. The molecule has 3 aromatic heterocycles. The number of carbonyl (C=O) groups excluding carboxylic acids is 1. The van der Waals surface area contributed by atoms with Crippen LogP contribution < -0.4 is 10.3 Å². The second-order valence-corrected chi connectivity index (χ2v) is 6.62. The molecule has 0 aliphatic carbocycles. The van der Waals surface area contributed by atoms with Crippen molar-refractivity contribution >= 4 is 16.9 Å². The van der Waals surface area contributed by atoms with Gasteiger partial charge in [0.2, 0.25) is 0 Å². The van der Waals surface area contributed by atoms with Crippen LogP contribution in [-0.2, 0) is 0 Å². The Kier molecular flexibility index (Phi) is 4.55. The minimum absolute atomic E-state index is 0.0810. The topological polar surface area (TPSA) is 106 Å². The van der Waals surface area contributed by atoms with E-state index in [9.17, 15) is 9.59 Å². The van der Waals surface area contributed by atoms with E-state index in [1.807, 2.05) is 0 Å². The molecule has 146 valence electrons. The smallest absolute Gasteiger partial charge is 0.259 e. The van der Waals surface area contributed by atoms with Crippen molar-refractivity contribution in [2.45, 2.75) is 0 Å². The van der Waals surface area contributed by atoms with E-state index in [0.717, 1.165) is 11.1 Å². The van der Waals surface area contributed by atoms with Crippen LogP contribution in [0, 0.1) is 0 Å². The molecule has 0 saturated carbocycles. The summed E-state index contributed by atoms with van der Waals surface area (Å²) in [6.07, 6.45) is 3.20. The van der Waals surface area contributed by atoms with Gasteiger partial charge in [0.05, 0.1) is 30.8 Å². The van der Waals surface area contributed by atoms with E-state index >= 15 is 0 Å². The van der Waals surface area contributed by atoms with Gasteiger partial charge in [-0.05, 0) is 36.4 Å². The fourth-order valence-corrected chi connectivity index (χ4v) is 2.90. The number of hydrogen-bond donors (Lipinski definition) is 1. The number of carbonyl (C=O) groups is 1. The Bertz CT molecular complexity index is 1260. The molecule has 0 fully saturated rings. The van der Waals surface area contributed by atoms with E-state index in [4.69, 9.17) is 4.74 Å². The number of nitrogens with one attached hydrogen (secondary N) is 1. The zero-order valence-electron chi connectivity index (χ0n) is 16.1. The number of H-pyrrole nitrogens is 1. The Morgan fingerprint density at radius 3 is 2.62 bits per heavy atom. The Balaban J connectivity index is 1.69. The maximum absolute atomic E-state index is 12.5. The van der Waals surface area contributed by atoms with Gasteiger partial charge < -0.3 is 14.6 Å². The number of benzene rings is 1. The van der Waals surface area contributed by atoms with Gasteiger partial charge in [0, 0.05) is 25.0 Å². The minimum Gasteiger partial charge on any atom is -0.495 e. The first-order valence-corrected chi connectivity index (χ1v) is 8.78. The summed E-state index contributed by atoms with van der Waals surface area (Å²) in [6, 6.07) is 10.5. The molecular weight excluding hydrogens is 372 g/mol. The number of aromatic amines is 1. The first-order chi connectivity index (χ1) is 14.0. The normalized spacial score (nSPS) is 10.9. The fraction of sp³-hybridized carbons (Fsp3) is 0.150. The van der Waals surface area contributed by atoms with Gasteiger partial charge in [0.15, 0.2) is 0 Å². The lowest BCUT2D eigenvalue weighted by atomic mass is 10.1. The van der Waals surface area contributed by atoms with Crippen LogP contribution in [0.1, 0.15) is 10.4 Å². The second-order valence-electron chi connectivity index (χ2n) is 6.62. The minimum atomic E-state index is -0.311. The fourth-order valence-electron chi connectivity index (χ4n) is 2.90. The lowest BCUT2D eigenvalue weighted by molar-refractivity contribution is 0.0827. The van der Waals surface area contributed by atoms with E-state index in [0.29, 0.717) is 28.2 Å². The molecule has 3 heterocycles. The van der Waals surface area contributed by atoms with Crippen LogP contribution in [0.2, 0.25) is 0 Å². The highest BCUT2D eigenvalue weighted by Crippen LogP contribution is 2.21. The molecule has 0 radical (unpaired) electrons. The Morgan fingerprint density at radius 1 is 1.17 bits per heavy atom. The number of ether oxygens (including phenoxy) is 1. The maximum atomic E-state index is 12.5. The summed E-state index contributed by atoms with van der Waals surface area (Å²) >= 11 is 0. The first kappa shape index (κ1) is 18.4. The molecule has 9 heteroatoms. The average molecular weight is 390 g/mol. The number of hydrogen-bond acceptors (Lipinski definition) is 6. The largest absolute Gasteiger partial charge is 0.495 e. The van der Waals surface area contributed by atoms with Crippen molar-refractivity contribution in [3.05, 3.63) is 64.7 Å². The van der Waals surface area contributed by atoms with Gasteiger partial charge in [-0.1, -0.05) is 5.21 Å². The molecule has 0 atom stereocenters. The van der Waals surface area contributed by atoms with Crippen LogP contribution >= 0.6 is 0 Å². The predicted octanol–water partition coefficient (Wildman–Crippen LogP) is 1.88. The summed E-state index contributed by atoms with van der Waals surface area (Å²) < 4.78 is 6.74. The number of rotatable bonds is 4. The SMILES string of the molecule is COc1cnc2[nH]c(=O)c(-c3cn(-c4ccc(C(=O)N(C)C)cc4)nn3)cc2c1. The summed E-state index contributed by atoms with van der Waals surface area (Å²) in [5.74, 6) is 0.508. The predicted molar refractivity (Wildman–Crippen MR) is 107 cm³/mol. The van der Waals surface area contributed by atoms with Crippen LogP contribution in [0.3, 0.4) is 0 Å². The molecule has 1 aromatic carbocycles. The van der Waals surface area contributed by atoms with Crippen molar-refractivity contribution < 1.29 is 9.53 Å². The Labute approximate surface area is 165 Å². The molecule has 0 aliphatic heterocycles. The van der Waals surface area contributed by atoms with Crippen LogP contribution in [-0.4, -0.2) is 57.0 Å². The second kappa shape index (κ2) is 7.19. The monoisotopic (exact) mass is 390 g/mol. The van der Waals surface area contributed by atoms with E-state index < -0.39 is 0 Å². The zero-order chi connectivity index (χ0) is 20.5. The molecule has 0 saturated heterocycles. The van der Waals surface area contributed by atoms with Crippen LogP contribution in [0.4, 0.5) is 0 Å². The number of nitrogens with zero attached hydrogens (tertiary/aromatic N) is 5. The molecule has 29 heavy (non-hydrogen) atoms. The summed E-state index contributed by atoms with van der Waals surface area (Å²) in [6.45, 7) is 0. The lowest BCUT2D eigenvalue weighted by Gasteiger charge is -2.10. The molecule has 4 rings (SSSR count). The van der Waals surface area contributed by atoms with Crippen LogP contribution in [0.25, 0.3) is 28.0 Å². The zero-order valence-corrected chi connectivity index (χ0v) is 16.1. The Morgan fingerprint density at radius 2 is 1.93 bits per heavy atom. The van der Waals surface area contributed by atoms with Gasteiger partial charge in [0.1, 0.15) is 17.1 Å². The number of amides is 1. The molecule has 0 bridgehead atoms. The van der Waals surface area contributed by atoms with Crippen molar-refractivity contribution in [3.63, 3.8) is 0 Å². The van der Waals surface area contributed by atoms with Gasteiger partial charge in [-0.25, -0.2) is 9.67 Å². The summed E-state index contributed by atoms with van der Waals surface area (Å²) in [5, 5.41) is 8.95. The maximum Gasteiger partial charge on any atom is 0.259 e. The molecule has 0 unspecified atom stereocenters. The van der Waals surface area contributed by atoms with E-state index in [-0.39, 0.29) is 11.5 Å². The highest BCUT2D eigenvalue weighted by molar-refractivity contribution is 5.94. The molecule has 4 aromatic rings. The van der Waals surface area contributed by atoms with Crippen molar-refractivity contribution in [1.82, 2.24) is 29.9 Å². The van der Waals surface area contributed by atoms with E-state index in [2.05, 4.69) is 20.3 Å². The van der Waals surface area contributed by atoms with Gasteiger partial charge in [0.25, 0.3) is 11.5 Å². The molecular formula is C20H18N6O3. The number of pyridine rings is 2. The first-order valence-electron chi connectivity index (χ1n) is 8.78. The average Bonchev–Trinajstić information content (AvgIpc) is 3.22. The van der Waals surface area contributed by atoms with Gasteiger partial charge >= 0.3 is 0 Å². The third-order valence-electron chi connectivity index (χ3n) is 4.46. The van der Waals surface area contributed by atoms with Crippen molar-refractivity contribution in [2.24, 2.45) is 0 Å².